The minimum Gasteiger partial charge on any atom is -0.353 e. The summed E-state index contributed by atoms with van der Waals surface area (Å²) >= 11 is 14.2. The van der Waals surface area contributed by atoms with Crippen LogP contribution < -0.4 is 5.32 Å². The number of hydrogen-bond acceptors (Lipinski definition) is 4. The van der Waals surface area contributed by atoms with Gasteiger partial charge in [0.1, 0.15) is 11.6 Å². The van der Waals surface area contributed by atoms with Gasteiger partial charge in [-0.25, -0.2) is 4.39 Å². The highest BCUT2D eigenvalue weighted by Crippen LogP contribution is 2.39. The van der Waals surface area contributed by atoms with Crippen molar-refractivity contribution in [1.82, 2.24) is 10.2 Å². The molecule has 5 nitrogen and oxygen atoms in total. The molecule has 33 heavy (non-hydrogen) atoms. The molecule has 0 bridgehead atoms. The molecule has 0 radical (unpaired) electrons. The third-order valence-electron chi connectivity index (χ3n) is 5.10. The molecule has 0 aromatic heterocycles. The minimum absolute atomic E-state index is 0.0377. The van der Waals surface area contributed by atoms with Gasteiger partial charge in [-0.1, -0.05) is 41.0 Å². The molecule has 2 aromatic carbocycles. The Bertz CT molecular complexity index is 1070. The van der Waals surface area contributed by atoms with Crippen LogP contribution in [0.5, 0.6) is 0 Å². The average molecular weight is 509 g/mol. The zero-order valence-corrected chi connectivity index (χ0v) is 20.3. The van der Waals surface area contributed by atoms with Gasteiger partial charge in [-0.15, -0.1) is 0 Å². The number of halogens is 3. The molecule has 1 aliphatic rings. The summed E-state index contributed by atoms with van der Waals surface area (Å²) in [5, 5.41) is 3.53. The predicted octanol–water partition coefficient (Wildman–Crippen LogP) is 5.38. The van der Waals surface area contributed by atoms with Crippen LogP contribution in [0.4, 0.5) is 4.39 Å². The van der Waals surface area contributed by atoms with Crippen LogP contribution in [0.1, 0.15) is 31.7 Å². The van der Waals surface area contributed by atoms with E-state index in [1.165, 1.54) is 36.9 Å². The number of carbonyl (C=O) groups excluding carboxylic acids is 3. The van der Waals surface area contributed by atoms with Crippen LogP contribution in [0.15, 0.2) is 52.3 Å². The van der Waals surface area contributed by atoms with Gasteiger partial charge in [0.2, 0.25) is 11.8 Å². The molecule has 1 aliphatic heterocycles. The topological polar surface area (TPSA) is 66.5 Å². The molecular weight excluding hydrogens is 486 g/mol. The second-order valence-electron chi connectivity index (χ2n) is 7.72. The van der Waals surface area contributed by atoms with Gasteiger partial charge in [-0.2, -0.15) is 0 Å². The second-order valence-corrected chi connectivity index (χ2v) is 9.59. The molecule has 2 aromatic rings. The number of Topliss-reactive ketones (excluding diaryl/α,β-unsaturated/α-hetero) is 1. The Labute approximate surface area is 206 Å². The molecule has 0 spiro atoms. The summed E-state index contributed by atoms with van der Waals surface area (Å²) in [4.78, 5) is 38.6. The van der Waals surface area contributed by atoms with E-state index in [0.717, 1.165) is 9.79 Å². The molecule has 3 rings (SSSR count). The van der Waals surface area contributed by atoms with Gasteiger partial charge < -0.3 is 10.2 Å². The maximum Gasteiger partial charge on any atom is 0.246 e. The lowest BCUT2D eigenvalue weighted by molar-refractivity contribution is -0.128. The van der Waals surface area contributed by atoms with Crippen molar-refractivity contribution in [3.8, 4) is 0 Å². The first-order chi connectivity index (χ1) is 15.7. The van der Waals surface area contributed by atoms with Crippen molar-refractivity contribution in [2.24, 2.45) is 0 Å². The molecule has 1 fully saturated rings. The molecular formula is C24H23Cl2FN2O3S. The van der Waals surface area contributed by atoms with Gasteiger partial charge >= 0.3 is 0 Å². The van der Waals surface area contributed by atoms with Gasteiger partial charge in [0.05, 0.1) is 16.5 Å². The Hall–Kier alpha value is -2.35. The van der Waals surface area contributed by atoms with E-state index in [2.05, 4.69) is 5.32 Å². The Morgan fingerprint density at radius 1 is 1.09 bits per heavy atom. The summed E-state index contributed by atoms with van der Waals surface area (Å²) in [6, 6.07) is 9.63. The second kappa shape index (κ2) is 11.7. The number of rotatable bonds is 7. The van der Waals surface area contributed by atoms with E-state index in [1.807, 2.05) is 6.07 Å². The number of amides is 2. The quantitative estimate of drug-likeness (QED) is 0.402. The van der Waals surface area contributed by atoms with Crippen molar-refractivity contribution in [1.29, 1.82) is 0 Å². The van der Waals surface area contributed by atoms with Gasteiger partial charge in [0.25, 0.3) is 0 Å². The Kier molecular flexibility index (Phi) is 8.95. The van der Waals surface area contributed by atoms with E-state index in [9.17, 15) is 18.8 Å². The molecule has 0 aliphatic carbocycles. The van der Waals surface area contributed by atoms with Gasteiger partial charge in [-0.05, 0) is 61.7 Å². The lowest BCUT2D eigenvalue weighted by atomic mass is 10.0. The SMILES string of the molecule is CC(=O)CC(=O)NC1CCN(C(=O)/C=C/c2ccc(Sc3ccc(F)cc3)c(Cl)c2Cl)CC1. The number of carbonyl (C=O) groups is 3. The van der Waals surface area contributed by atoms with Gasteiger partial charge in [0.15, 0.2) is 0 Å². The molecule has 1 heterocycles. The fraction of sp³-hybridized carbons (Fsp3) is 0.292. The zero-order valence-electron chi connectivity index (χ0n) is 17.9. The van der Waals surface area contributed by atoms with Crippen LogP contribution in [0, 0.1) is 5.82 Å². The normalized spacial score (nSPS) is 14.5. The smallest absolute Gasteiger partial charge is 0.246 e. The van der Waals surface area contributed by atoms with Gasteiger partial charge in [0, 0.05) is 35.0 Å². The van der Waals surface area contributed by atoms with Crippen molar-refractivity contribution in [3.63, 3.8) is 0 Å². The van der Waals surface area contributed by atoms with Crippen molar-refractivity contribution < 1.29 is 18.8 Å². The highest BCUT2D eigenvalue weighted by atomic mass is 35.5. The van der Waals surface area contributed by atoms with Crippen LogP contribution in [0.25, 0.3) is 6.08 Å². The van der Waals surface area contributed by atoms with E-state index in [1.54, 1.807) is 29.2 Å². The van der Waals surface area contributed by atoms with Crippen molar-refractivity contribution in [2.45, 2.75) is 42.0 Å². The first-order valence-corrected chi connectivity index (χ1v) is 12.0. The number of benzene rings is 2. The van der Waals surface area contributed by atoms with Crippen LogP contribution >= 0.6 is 35.0 Å². The zero-order chi connectivity index (χ0) is 24.0. The number of nitrogens with one attached hydrogen (secondary N) is 1. The van der Waals surface area contributed by atoms with E-state index in [-0.39, 0.29) is 35.9 Å². The number of ketones is 1. The standard InChI is InChI=1S/C24H23Cl2FN2O3S/c1-15(30)14-21(31)28-18-10-12-29(13-11-18)22(32)9-3-16-2-8-20(24(26)23(16)25)33-19-6-4-17(27)5-7-19/h2-9,18H,10-14H2,1H3,(H,28,31)/b9-3+. The van der Waals surface area contributed by atoms with E-state index in [0.29, 0.717) is 41.5 Å². The number of hydrogen-bond donors (Lipinski definition) is 1. The predicted molar refractivity (Wildman–Crippen MR) is 129 cm³/mol. The average Bonchev–Trinajstić information content (AvgIpc) is 2.77. The minimum atomic E-state index is -0.310. The number of likely N-dealkylation sites (tertiary alicyclic amines) is 1. The van der Waals surface area contributed by atoms with E-state index < -0.39 is 0 Å². The molecule has 1 N–H and O–H groups in total. The Morgan fingerprint density at radius 3 is 2.39 bits per heavy atom. The summed E-state index contributed by atoms with van der Waals surface area (Å²) in [5.41, 5.74) is 0.616. The highest BCUT2D eigenvalue weighted by molar-refractivity contribution is 7.99. The fourth-order valence-electron chi connectivity index (χ4n) is 3.40. The van der Waals surface area contributed by atoms with Gasteiger partial charge in [-0.3, -0.25) is 14.4 Å². The van der Waals surface area contributed by atoms with E-state index in [4.69, 9.17) is 23.2 Å². The molecule has 2 amide bonds. The number of piperidine rings is 1. The molecule has 0 saturated carbocycles. The summed E-state index contributed by atoms with van der Waals surface area (Å²) in [7, 11) is 0. The Balaban J connectivity index is 1.56. The maximum atomic E-state index is 13.1. The summed E-state index contributed by atoms with van der Waals surface area (Å²) < 4.78 is 13.1. The third kappa shape index (κ3) is 7.32. The molecule has 174 valence electrons. The molecule has 1 saturated heterocycles. The third-order valence-corrected chi connectivity index (χ3v) is 7.18. The van der Waals surface area contributed by atoms with Crippen LogP contribution in [0.3, 0.4) is 0 Å². The lowest BCUT2D eigenvalue weighted by Crippen LogP contribution is -2.46. The largest absolute Gasteiger partial charge is 0.353 e. The molecule has 0 atom stereocenters. The van der Waals surface area contributed by atoms with Crippen LogP contribution in [-0.2, 0) is 14.4 Å². The summed E-state index contributed by atoms with van der Waals surface area (Å²) in [6.45, 7) is 2.40. The fourth-order valence-corrected chi connectivity index (χ4v) is 4.82. The summed E-state index contributed by atoms with van der Waals surface area (Å²) in [5.74, 6) is -0.915. The molecule has 9 heteroatoms. The van der Waals surface area contributed by atoms with Crippen molar-refractivity contribution in [3.05, 3.63) is 63.9 Å². The molecule has 0 unspecified atom stereocenters. The lowest BCUT2D eigenvalue weighted by Gasteiger charge is -2.31. The maximum absolute atomic E-state index is 13.1. The number of nitrogens with zero attached hydrogens (tertiary/aromatic N) is 1. The monoisotopic (exact) mass is 508 g/mol. The summed E-state index contributed by atoms with van der Waals surface area (Å²) in [6.07, 6.45) is 4.23. The Morgan fingerprint density at radius 2 is 1.76 bits per heavy atom. The van der Waals surface area contributed by atoms with Crippen molar-refractivity contribution >= 4 is 58.6 Å². The van der Waals surface area contributed by atoms with Crippen molar-refractivity contribution in [2.75, 3.05) is 13.1 Å². The van der Waals surface area contributed by atoms with Crippen LogP contribution in [0.2, 0.25) is 10.0 Å². The first kappa shape index (κ1) is 25.3. The first-order valence-electron chi connectivity index (χ1n) is 10.4. The highest BCUT2D eigenvalue weighted by Gasteiger charge is 2.23. The van der Waals surface area contributed by atoms with Crippen LogP contribution in [-0.4, -0.2) is 41.6 Å². The van der Waals surface area contributed by atoms with E-state index >= 15 is 0 Å².